The first-order chi connectivity index (χ1) is 10.1. The van der Waals surface area contributed by atoms with E-state index in [2.05, 4.69) is 4.98 Å². The van der Waals surface area contributed by atoms with Gasteiger partial charge in [-0.3, -0.25) is 14.3 Å². The summed E-state index contributed by atoms with van der Waals surface area (Å²) in [6.07, 6.45) is 1.08. The number of ether oxygens (including phenoxy) is 3. The molecule has 2 saturated heterocycles. The minimum absolute atomic E-state index is 0.0269. The van der Waals surface area contributed by atoms with Crippen molar-refractivity contribution >= 4 is 11.8 Å². The molecule has 21 heavy (non-hydrogen) atoms. The summed E-state index contributed by atoms with van der Waals surface area (Å²) in [7, 11) is 1.63. The van der Waals surface area contributed by atoms with Gasteiger partial charge in [0.25, 0.3) is 5.56 Å². The molecule has 4 atom stereocenters. The van der Waals surface area contributed by atoms with Crippen LogP contribution in [0.2, 0.25) is 0 Å². The summed E-state index contributed by atoms with van der Waals surface area (Å²) in [5.74, 6) is 0.857. The van der Waals surface area contributed by atoms with Crippen LogP contribution in [0.4, 0.5) is 0 Å². The highest BCUT2D eigenvalue weighted by Crippen LogP contribution is 2.46. The molecule has 0 spiro atoms. The highest BCUT2D eigenvalue weighted by atomic mass is 32.2. The second kappa shape index (κ2) is 5.96. The summed E-state index contributed by atoms with van der Waals surface area (Å²) in [6.45, 7) is 2.70. The van der Waals surface area contributed by atoms with Crippen molar-refractivity contribution in [3.8, 4) is 0 Å². The van der Waals surface area contributed by atoms with E-state index in [4.69, 9.17) is 14.2 Å². The SMILES string of the molecule is COCCO[C@H]1[C@@H]2SC[C@H]1O[C@@H]2n1cc(C)c(=O)[nH]c1=O. The number of nitrogens with one attached hydrogen (secondary N) is 1. The molecule has 0 saturated carbocycles. The second-order valence-corrected chi connectivity index (χ2v) is 6.38. The fourth-order valence-corrected chi connectivity index (χ4v) is 4.18. The Balaban J connectivity index is 1.81. The lowest BCUT2D eigenvalue weighted by Gasteiger charge is -2.23. The molecule has 0 aromatic carbocycles. The zero-order valence-corrected chi connectivity index (χ0v) is 12.7. The van der Waals surface area contributed by atoms with Gasteiger partial charge in [0.1, 0.15) is 6.10 Å². The fourth-order valence-electron chi connectivity index (χ4n) is 2.69. The lowest BCUT2D eigenvalue weighted by Crippen LogP contribution is -2.37. The molecule has 2 bridgehead atoms. The zero-order chi connectivity index (χ0) is 15.0. The van der Waals surface area contributed by atoms with Crippen LogP contribution in [0.3, 0.4) is 0 Å². The number of aryl methyl sites for hydroxylation is 1. The molecule has 3 heterocycles. The van der Waals surface area contributed by atoms with Gasteiger partial charge in [-0.2, -0.15) is 0 Å². The van der Waals surface area contributed by atoms with E-state index in [1.165, 1.54) is 4.57 Å². The summed E-state index contributed by atoms with van der Waals surface area (Å²) in [6, 6.07) is 0. The van der Waals surface area contributed by atoms with Crippen molar-refractivity contribution in [3.05, 3.63) is 32.6 Å². The molecule has 2 aliphatic heterocycles. The molecule has 2 fully saturated rings. The van der Waals surface area contributed by atoms with Gasteiger partial charge in [0.05, 0.1) is 24.6 Å². The van der Waals surface area contributed by atoms with E-state index in [1.807, 2.05) is 0 Å². The summed E-state index contributed by atoms with van der Waals surface area (Å²) in [4.78, 5) is 25.7. The first-order valence-electron chi connectivity index (χ1n) is 6.81. The van der Waals surface area contributed by atoms with E-state index in [-0.39, 0.29) is 23.0 Å². The van der Waals surface area contributed by atoms with Crippen molar-refractivity contribution in [2.75, 3.05) is 26.1 Å². The molecule has 1 aromatic heterocycles. The quantitative estimate of drug-likeness (QED) is 0.764. The molecule has 0 radical (unpaired) electrons. The van der Waals surface area contributed by atoms with Crippen molar-refractivity contribution < 1.29 is 14.2 Å². The second-order valence-electron chi connectivity index (χ2n) is 5.17. The molecule has 3 rings (SSSR count). The summed E-state index contributed by atoms with van der Waals surface area (Å²) in [5, 5.41) is 0.0508. The highest BCUT2D eigenvalue weighted by Gasteiger charge is 2.52. The predicted molar refractivity (Wildman–Crippen MR) is 77.8 cm³/mol. The Morgan fingerprint density at radius 2 is 2.29 bits per heavy atom. The van der Waals surface area contributed by atoms with Gasteiger partial charge in [0, 0.05) is 24.6 Å². The van der Waals surface area contributed by atoms with Crippen LogP contribution in [-0.4, -0.2) is 53.1 Å². The zero-order valence-electron chi connectivity index (χ0n) is 11.9. The average molecular weight is 314 g/mol. The Morgan fingerprint density at radius 1 is 1.48 bits per heavy atom. The van der Waals surface area contributed by atoms with Gasteiger partial charge >= 0.3 is 5.69 Å². The number of nitrogens with zero attached hydrogens (tertiary/aromatic N) is 1. The first kappa shape index (κ1) is 14.8. The lowest BCUT2D eigenvalue weighted by molar-refractivity contribution is -0.0357. The third kappa shape index (κ3) is 2.68. The van der Waals surface area contributed by atoms with Crippen molar-refractivity contribution in [2.45, 2.75) is 30.6 Å². The Bertz CT molecular complexity index is 628. The van der Waals surface area contributed by atoms with Gasteiger partial charge in [-0.05, 0) is 6.92 Å². The Morgan fingerprint density at radius 3 is 3.05 bits per heavy atom. The number of aromatic amines is 1. The van der Waals surface area contributed by atoms with E-state index in [0.717, 1.165) is 5.75 Å². The normalized spacial score (nSPS) is 31.0. The molecule has 0 unspecified atom stereocenters. The number of methoxy groups -OCH3 is 1. The number of aromatic nitrogens is 2. The first-order valence-corrected chi connectivity index (χ1v) is 7.86. The van der Waals surface area contributed by atoms with Crippen LogP contribution < -0.4 is 11.2 Å². The Hall–Kier alpha value is -1.09. The van der Waals surface area contributed by atoms with Crippen LogP contribution >= 0.6 is 11.8 Å². The van der Waals surface area contributed by atoms with E-state index < -0.39 is 11.9 Å². The van der Waals surface area contributed by atoms with Crippen LogP contribution in [-0.2, 0) is 14.2 Å². The molecule has 2 aliphatic rings. The molecule has 0 aliphatic carbocycles. The predicted octanol–water partition coefficient (Wildman–Crippen LogP) is -0.111. The van der Waals surface area contributed by atoms with Gasteiger partial charge in [0.15, 0.2) is 6.23 Å². The molecule has 1 aromatic rings. The lowest BCUT2D eigenvalue weighted by atomic mass is 10.2. The summed E-state index contributed by atoms with van der Waals surface area (Å²) in [5.41, 5.74) is -0.317. The van der Waals surface area contributed by atoms with Crippen LogP contribution in [0.15, 0.2) is 15.8 Å². The molecule has 7 nitrogen and oxygen atoms in total. The maximum atomic E-state index is 12.0. The standard InChI is InChI=1S/C13H18N2O5S/c1-7-5-15(13(17)14-11(7)16)12-10-9(19-4-3-18-2)8(20-12)6-21-10/h5,8-10,12H,3-4,6H2,1-2H3,(H,14,16,17)/t8-,9-,10+,12+/m1/s1. The minimum atomic E-state index is -0.445. The molecule has 0 amide bonds. The summed E-state index contributed by atoms with van der Waals surface area (Å²) >= 11 is 1.74. The number of hydrogen-bond donors (Lipinski definition) is 1. The highest BCUT2D eigenvalue weighted by molar-refractivity contribution is 8.00. The largest absolute Gasteiger partial charge is 0.382 e. The number of thioether (sulfide) groups is 1. The van der Waals surface area contributed by atoms with Crippen LogP contribution in [0, 0.1) is 6.92 Å². The monoisotopic (exact) mass is 314 g/mol. The topological polar surface area (TPSA) is 82.6 Å². The van der Waals surface area contributed by atoms with E-state index in [1.54, 1.807) is 32.0 Å². The van der Waals surface area contributed by atoms with Crippen LogP contribution in [0.5, 0.6) is 0 Å². The third-order valence-electron chi connectivity index (χ3n) is 3.76. The van der Waals surface area contributed by atoms with E-state index >= 15 is 0 Å². The molecule has 8 heteroatoms. The third-order valence-corrected chi connectivity index (χ3v) is 5.16. The molecule has 116 valence electrons. The van der Waals surface area contributed by atoms with Gasteiger partial charge in [0.2, 0.25) is 0 Å². The van der Waals surface area contributed by atoms with Crippen LogP contribution in [0.1, 0.15) is 11.8 Å². The van der Waals surface area contributed by atoms with Gasteiger partial charge < -0.3 is 14.2 Å². The van der Waals surface area contributed by atoms with Gasteiger partial charge in [-0.25, -0.2) is 4.79 Å². The van der Waals surface area contributed by atoms with Crippen molar-refractivity contribution in [3.63, 3.8) is 0 Å². The van der Waals surface area contributed by atoms with Crippen molar-refractivity contribution in [1.29, 1.82) is 0 Å². The average Bonchev–Trinajstić information content (AvgIpc) is 3.00. The van der Waals surface area contributed by atoms with Gasteiger partial charge in [-0.15, -0.1) is 11.8 Å². The van der Waals surface area contributed by atoms with Crippen molar-refractivity contribution in [2.24, 2.45) is 0 Å². The van der Waals surface area contributed by atoms with E-state index in [9.17, 15) is 9.59 Å². The Kier molecular flexibility index (Phi) is 4.21. The maximum absolute atomic E-state index is 12.0. The number of rotatable bonds is 5. The number of fused-ring (bicyclic) bond motifs is 2. The number of hydrogen-bond acceptors (Lipinski definition) is 6. The molecule has 1 N–H and O–H groups in total. The smallest absolute Gasteiger partial charge is 0.330 e. The fraction of sp³-hybridized carbons (Fsp3) is 0.692. The minimum Gasteiger partial charge on any atom is -0.382 e. The number of H-pyrrole nitrogens is 1. The molecular formula is C13H18N2O5S. The van der Waals surface area contributed by atoms with E-state index in [0.29, 0.717) is 18.8 Å². The Labute approximate surface area is 125 Å². The van der Waals surface area contributed by atoms with Gasteiger partial charge in [-0.1, -0.05) is 0 Å². The maximum Gasteiger partial charge on any atom is 0.330 e. The van der Waals surface area contributed by atoms with Crippen LogP contribution in [0.25, 0.3) is 0 Å². The summed E-state index contributed by atoms with van der Waals surface area (Å²) < 4.78 is 18.2. The molecular weight excluding hydrogens is 296 g/mol. The van der Waals surface area contributed by atoms with Crippen molar-refractivity contribution in [1.82, 2.24) is 9.55 Å².